The van der Waals surface area contributed by atoms with Gasteiger partial charge in [-0.25, -0.2) is 9.48 Å². The van der Waals surface area contributed by atoms with E-state index in [9.17, 15) is 14.7 Å². The van der Waals surface area contributed by atoms with Crippen LogP contribution in [0.4, 0.5) is 0 Å². The van der Waals surface area contributed by atoms with Crippen LogP contribution in [0.1, 0.15) is 47.7 Å². The van der Waals surface area contributed by atoms with Crippen LogP contribution in [-0.4, -0.2) is 44.3 Å². The van der Waals surface area contributed by atoms with Crippen molar-refractivity contribution in [2.45, 2.75) is 32.7 Å². The standard InChI is InChI=1S/C18H21N3O3/c1-12(2)15-9-6-10-20(15)17(22)14-11-16(18(23)24)21(19-14)13-7-4-3-5-8-13/h3-5,7-8,11-12,15H,6,9-10H2,1-2H3,(H,23,24). The summed E-state index contributed by atoms with van der Waals surface area (Å²) in [7, 11) is 0. The Morgan fingerprint density at radius 2 is 1.96 bits per heavy atom. The van der Waals surface area contributed by atoms with Crippen LogP contribution in [0.15, 0.2) is 36.4 Å². The molecule has 6 nitrogen and oxygen atoms in total. The first kappa shape index (κ1) is 16.2. The van der Waals surface area contributed by atoms with Gasteiger partial charge in [0, 0.05) is 18.7 Å². The minimum absolute atomic E-state index is 0.00940. The molecule has 1 aliphatic heterocycles. The highest BCUT2D eigenvalue weighted by atomic mass is 16.4. The van der Waals surface area contributed by atoms with E-state index in [-0.39, 0.29) is 23.3 Å². The third kappa shape index (κ3) is 2.91. The lowest BCUT2D eigenvalue weighted by molar-refractivity contribution is 0.0683. The van der Waals surface area contributed by atoms with Gasteiger partial charge >= 0.3 is 5.97 Å². The molecule has 1 fully saturated rings. The Bertz CT molecular complexity index is 752. The van der Waals surface area contributed by atoms with Crippen molar-refractivity contribution in [3.63, 3.8) is 0 Å². The van der Waals surface area contributed by atoms with E-state index in [1.54, 1.807) is 24.3 Å². The van der Waals surface area contributed by atoms with Crippen molar-refractivity contribution in [2.75, 3.05) is 6.54 Å². The lowest BCUT2D eigenvalue weighted by Crippen LogP contribution is -2.38. The van der Waals surface area contributed by atoms with Gasteiger partial charge in [-0.3, -0.25) is 4.79 Å². The third-order valence-electron chi connectivity index (χ3n) is 4.48. The van der Waals surface area contributed by atoms with Crippen LogP contribution in [0.3, 0.4) is 0 Å². The van der Waals surface area contributed by atoms with E-state index in [1.165, 1.54) is 10.7 Å². The molecule has 1 unspecified atom stereocenters. The molecule has 2 aromatic rings. The van der Waals surface area contributed by atoms with Gasteiger partial charge in [0.1, 0.15) is 0 Å². The normalized spacial score (nSPS) is 17.5. The molecule has 1 amide bonds. The van der Waals surface area contributed by atoms with Crippen LogP contribution in [0.25, 0.3) is 5.69 Å². The molecule has 6 heteroatoms. The first-order valence-corrected chi connectivity index (χ1v) is 8.19. The number of aromatic nitrogens is 2. The Morgan fingerprint density at radius 1 is 1.25 bits per heavy atom. The number of carbonyl (C=O) groups is 2. The highest BCUT2D eigenvalue weighted by Crippen LogP contribution is 2.26. The maximum Gasteiger partial charge on any atom is 0.354 e. The highest BCUT2D eigenvalue weighted by molar-refractivity contribution is 5.96. The van der Waals surface area contributed by atoms with Gasteiger partial charge in [0.25, 0.3) is 5.91 Å². The third-order valence-corrected chi connectivity index (χ3v) is 4.48. The summed E-state index contributed by atoms with van der Waals surface area (Å²) in [6.45, 7) is 4.89. The first-order chi connectivity index (χ1) is 11.5. The van der Waals surface area contributed by atoms with Crippen molar-refractivity contribution in [3.05, 3.63) is 47.8 Å². The van der Waals surface area contributed by atoms with E-state index < -0.39 is 5.97 Å². The largest absolute Gasteiger partial charge is 0.477 e. The summed E-state index contributed by atoms with van der Waals surface area (Å²) < 4.78 is 1.32. The predicted octanol–water partition coefficient (Wildman–Crippen LogP) is 2.83. The second-order valence-corrected chi connectivity index (χ2v) is 6.42. The first-order valence-electron chi connectivity index (χ1n) is 8.19. The Labute approximate surface area is 140 Å². The fraction of sp³-hybridized carbons (Fsp3) is 0.389. The molecule has 1 atom stereocenters. The summed E-state index contributed by atoms with van der Waals surface area (Å²) >= 11 is 0. The Kier molecular flexibility index (Phi) is 4.38. The van der Waals surface area contributed by atoms with Gasteiger partial charge in [-0.2, -0.15) is 5.10 Å². The number of likely N-dealkylation sites (tertiary alicyclic amines) is 1. The number of amides is 1. The van der Waals surface area contributed by atoms with Crippen molar-refractivity contribution in [1.29, 1.82) is 0 Å². The Balaban J connectivity index is 1.97. The summed E-state index contributed by atoms with van der Waals surface area (Å²) in [5.41, 5.74) is 0.796. The molecule has 1 aromatic heterocycles. The van der Waals surface area contributed by atoms with Crippen molar-refractivity contribution < 1.29 is 14.7 Å². The summed E-state index contributed by atoms with van der Waals surface area (Å²) in [6, 6.07) is 10.5. The Hall–Kier alpha value is -2.63. The molecule has 0 radical (unpaired) electrons. The number of aromatic carboxylic acids is 1. The lowest BCUT2D eigenvalue weighted by Gasteiger charge is -2.26. The second kappa shape index (κ2) is 6.47. The highest BCUT2D eigenvalue weighted by Gasteiger charge is 2.33. The molecule has 0 spiro atoms. The van der Waals surface area contributed by atoms with Crippen LogP contribution in [-0.2, 0) is 0 Å². The monoisotopic (exact) mass is 327 g/mol. The van der Waals surface area contributed by atoms with Crippen LogP contribution < -0.4 is 0 Å². The number of para-hydroxylation sites is 1. The van der Waals surface area contributed by atoms with E-state index in [2.05, 4.69) is 18.9 Å². The van der Waals surface area contributed by atoms with Crippen molar-refractivity contribution >= 4 is 11.9 Å². The average molecular weight is 327 g/mol. The molecule has 0 saturated carbocycles. The summed E-state index contributed by atoms with van der Waals surface area (Å²) in [5.74, 6) is -0.929. The van der Waals surface area contributed by atoms with E-state index in [1.807, 2.05) is 11.0 Å². The predicted molar refractivity (Wildman–Crippen MR) is 89.4 cm³/mol. The number of hydrogen-bond acceptors (Lipinski definition) is 3. The molecular weight excluding hydrogens is 306 g/mol. The van der Waals surface area contributed by atoms with E-state index in [0.717, 1.165) is 12.8 Å². The van der Waals surface area contributed by atoms with Gasteiger partial charge in [-0.15, -0.1) is 0 Å². The fourth-order valence-corrected chi connectivity index (χ4v) is 3.29. The topological polar surface area (TPSA) is 75.4 Å². The maximum atomic E-state index is 12.8. The number of carboxylic acids is 1. The molecule has 2 heterocycles. The number of carbonyl (C=O) groups excluding carboxylic acids is 1. The minimum Gasteiger partial charge on any atom is -0.477 e. The summed E-state index contributed by atoms with van der Waals surface area (Å²) in [6.07, 6.45) is 1.95. The van der Waals surface area contributed by atoms with Crippen molar-refractivity contribution in [1.82, 2.24) is 14.7 Å². The van der Waals surface area contributed by atoms with Gasteiger partial charge in [0.2, 0.25) is 0 Å². The molecule has 1 N–H and O–H groups in total. The molecule has 1 aliphatic rings. The fourth-order valence-electron chi connectivity index (χ4n) is 3.29. The maximum absolute atomic E-state index is 12.8. The molecular formula is C18H21N3O3. The van der Waals surface area contributed by atoms with Gasteiger partial charge < -0.3 is 10.0 Å². The molecule has 1 saturated heterocycles. The second-order valence-electron chi connectivity index (χ2n) is 6.42. The zero-order valence-corrected chi connectivity index (χ0v) is 13.8. The van der Waals surface area contributed by atoms with Crippen LogP contribution >= 0.6 is 0 Å². The number of nitrogens with zero attached hydrogens (tertiary/aromatic N) is 3. The molecule has 0 aliphatic carbocycles. The number of benzene rings is 1. The number of hydrogen-bond donors (Lipinski definition) is 1. The number of rotatable bonds is 4. The number of carboxylic acid groups (broad SMARTS) is 1. The molecule has 3 rings (SSSR count). The summed E-state index contributed by atoms with van der Waals surface area (Å²) in [4.78, 5) is 26.2. The van der Waals surface area contributed by atoms with Crippen LogP contribution in [0, 0.1) is 5.92 Å². The molecule has 0 bridgehead atoms. The van der Waals surface area contributed by atoms with E-state index in [0.29, 0.717) is 18.2 Å². The quantitative estimate of drug-likeness (QED) is 0.937. The van der Waals surface area contributed by atoms with Crippen LogP contribution in [0.2, 0.25) is 0 Å². The average Bonchev–Trinajstić information content (AvgIpc) is 3.22. The van der Waals surface area contributed by atoms with Crippen LogP contribution in [0.5, 0.6) is 0 Å². The lowest BCUT2D eigenvalue weighted by atomic mass is 10.0. The molecule has 1 aromatic carbocycles. The molecule has 24 heavy (non-hydrogen) atoms. The Morgan fingerprint density at radius 3 is 2.58 bits per heavy atom. The van der Waals surface area contributed by atoms with Gasteiger partial charge in [0.05, 0.1) is 5.69 Å². The smallest absolute Gasteiger partial charge is 0.354 e. The zero-order valence-electron chi connectivity index (χ0n) is 13.8. The van der Waals surface area contributed by atoms with Gasteiger partial charge in [-0.05, 0) is 30.9 Å². The van der Waals surface area contributed by atoms with Gasteiger partial charge in [0.15, 0.2) is 11.4 Å². The SMILES string of the molecule is CC(C)C1CCCN1C(=O)c1cc(C(=O)O)n(-c2ccccc2)n1. The van der Waals surface area contributed by atoms with Crippen molar-refractivity contribution in [2.24, 2.45) is 5.92 Å². The molecule has 126 valence electrons. The van der Waals surface area contributed by atoms with Gasteiger partial charge in [-0.1, -0.05) is 32.0 Å². The van der Waals surface area contributed by atoms with E-state index >= 15 is 0 Å². The minimum atomic E-state index is -1.10. The van der Waals surface area contributed by atoms with Crippen molar-refractivity contribution in [3.8, 4) is 5.69 Å². The van der Waals surface area contributed by atoms with E-state index in [4.69, 9.17) is 0 Å². The zero-order chi connectivity index (χ0) is 17.3. The summed E-state index contributed by atoms with van der Waals surface area (Å²) in [5, 5.41) is 13.7.